The quantitative estimate of drug-likeness (QED) is 0.221. The number of rotatable bonds is 1. The van der Waals surface area contributed by atoms with E-state index in [-0.39, 0.29) is 61.5 Å². The van der Waals surface area contributed by atoms with Crippen molar-refractivity contribution in [1.29, 1.82) is 0 Å². The van der Waals surface area contributed by atoms with Gasteiger partial charge in [0, 0.05) is 17.1 Å². The SMILES string of the molecule is Cc1nc2c(n1C)[C-](C)C(I)N(C(C)C)C2(C)F.[K+]. The van der Waals surface area contributed by atoms with Gasteiger partial charge in [0.1, 0.15) is 5.79 Å². The molecular formula is C13H20FIKN3. The number of aromatic nitrogens is 2. The van der Waals surface area contributed by atoms with Crippen LogP contribution in [0.2, 0.25) is 0 Å². The molecule has 2 atom stereocenters. The predicted octanol–water partition coefficient (Wildman–Crippen LogP) is 0.302. The Bertz CT molecular complexity index is 473. The fourth-order valence-electron chi connectivity index (χ4n) is 2.78. The van der Waals surface area contributed by atoms with Crippen LogP contribution in [0.5, 0.6) is 0 Å². The summed E-state index contributed by atoms with van der Waals surface area (Å²) in [5.74, 6) is 0.524. The Hall–Kier alpha value is 1.34. The van der Waals surface area contributed by atoms with Gasteiger partial charge in [-0.25, -0.2) is 4.39 Å². The van der Waals surface area contributed by atoms with E-state index >= 15 is 4.39 Å². The molecule has 2 rings (SSSR count). The number of hydrogen-bond acceptors (Lipinski definition) is 2. The van der Waals surface area contributed by atoms with Crippen LogP contribution >= 0.6 is 22.6 Å². The summed E-state index contributed by atoms with van der Waals surface area (Å²) < 4.78 is 17.3. The van der Waals surface area contributed by atoms with E-state index < -0.39 is 5.79 Å². The molecule has 0 bridgehead atoms. The van der Waals surface area contributed by atoms with Crippen molar-refractivity contribution in [2.24, 2.45) is 7.05 Å². The molecule has 0 fully saturated rings. The summed E-state index contributed by atoms with van der Waals surface area (Å²) in [5, 5.41) is 0. The number of nitrogens with zero attached hydrogens (tertiary/aromatic N) is 3. The number of hydrogen-bond donors (Lipinski definition) is 0. The summed E-state index contributed by atoms with van der Waals surface area (Å²) in [6.07, 6.45) is 0. The second-order valence-electron chi connectivity index (χ2n) is 5.39. The first-order chi connectivity index (χ1) is 8.19. The van der Waals surface area contributed by atoms with Crippen LogP contribution in [0.15, 0.2) is 0 Å². The second kappa shape index (κ2) is 6.22. The molecule has 1 aromatic heterocycles. The minimum absolute atomic E-state index is 0. The molecular weight excluding hydrogens is 383 g/mol. The monoisotopic (exact) mass is 403 g/mol. The maximum atomic E-state index is 15.2. The smallest absolute Gasteiger partial charge is 0.367 e. The van der Waals surface area contributed by atoms with Gasteiger partial charge in [-0.2, -0.15) is 5.92 Å². The Morgan fingerprint density at radius 2 is 2.00 bits per heavy atom. The van der Waals surface area contributed by atoms with E-state index in [1.54, 1.807) is 6.92 Å². The average Bonchev–Trinajstić information content (AvgIpc) is 2.53. The van der Waals surface area contributed by atoms with Crippen LogP contribution < -0.4 is 51.4 Å². The Morgan fingerprint density at radius 3 is 2.47 bits per heavy atom. The molecule has 2 unspecified atom stereocenters. The van der Waals surface area contributed by atoms with E-state index in [0.29, 0.717) is 5.69 Å². The third kappa shape index (κ3) is 2.83. The normalized spacial score (nSPS) is 27.4. The second-order valence-corrected chi connectivity index (χ2v) is 6.57. The first kappa shape index (κ1) is 18.4. The molecule has 0 saturated carbocycles. The first-order valence-corrected chi connectivity index (χ1v) is 7.43. The molecule has 0 spiro atoms. The molecule has 3 nitrogen and oxygen atoms in total. The van der Waals surface area contributed by atoms with Crippen molar-refractivity contribution in [3.8, 4) is 0 Å². The van der Waals surface area contributed by atoms with Crippen molar-refractivity contribution in [3.63, 3.8) is 0 Å². The van der Waals surface area contributed by atoms with E-state index in [9.17, 15) is 0 Å². The number of halogens is 2. The summed E-state index contributed by atoms with van der Waals surface area (Å²) in [4.78, 5) is 6.33. The van der Waals surface area contributed by atoms with Gasteiger partial charge < -0.3 is 9.55 Å². The molecule has 0 N–H and O–H groups in total. The summed E-state index contributed by atoms with van der Waals surface area (Å²) in [6, 6.07) is 0.132. The van der Waals surface area contributed by atoms with E-state index in [0.717, 1.165) is 11.5 Å². The Balaban J connectivity index is 0.00000180. The molecule has 1 aliphatic heterocycles. The van der Waals surface area contributed by atoms with E-state index in [1.165, 1.54) is 5.92 Å². The van der Waals surface area contributed by atoms with Gasteiger partial charge in [-0.15, -0.1) is 6.92 Å². The third-order valence-electron chi connectivity index (χ3n) is 3.77. The predicted molar refractivity (Wildman–Crippen MR) is 79.2 cm³/mol. The summed E-state index contributed by atoms with van der Waals surface area (Å²) >= 11 is 2.32. The van der Waals surface area contributed by atoms with E-state index in [1.807, 2.05) is 37.3 Å². The molecule has 2 heterocycles. The maximum absolute atomic E-state index is 15.2. The molecule has 0 aliphatic carbocycles. The van der Waals surface area contributed by atoms with Gasteiger partial charge in [-0.3, -0.25) is 4.90 Å². The largest absolute Gasteiger partial charge is 1.00 e. The number of alkyl halides is 2. The molecule has 0 radical (unpaired) electrons. The van der Waals surface area contributed by atoms with Crippen molar-refractivity contribution in [2.45, 2.75) is 50.5 Å². The minimum Gasteiger partial charge on any atom is -0.367 e. The molecule has 102 valence electrons. The molecule has 0 amide bonds. The molecule has 6 heteroatoms. The summed E-state index contributed by atoms with van der Waals surface area (Å²) in [6.45, 7) is 9.66. The van der Waals surface area contributed by atoms with Crippen LogP contribution in [-0.4, -0.2) is 24.5 Å². The standard InChI is InChI=1S/C13H20FIN3.K/c1-7(2)18-12(15)8(3)10-11(13(18,5)14)16-9(4)17(10)6;/h7,12H,1-6H3;/q-1;+1. The van der Waals surface area contributed by atoms with Crippen molar-refractivity contribution in [3.05, 3.63) is 23.1 Å². The van der Waals surface area contributed by atoms with Crippen LogP contribution in [0.25, 0.3) is 0 Å². The zero-order chi connectivity index (χ0) is 13.8. The van der Waals surface area contributed by atoms with Crippen molar-refractivity contribution >= 4 is 22.6 Å². The average molecular weight is 403 g/mol. The molecule has 1 aromatic rings. The van der Waals surface area contributed by atoms with Gasteiger partial charge in [0.05, 0.1) is 5.82 Å². The summed E-state index contributed by atoms with van der Waals surface area (Å²) in [5.41, 5.74) is 1.51. The zero-order valence-corrected chi connectivity index (χ0v) is 18.0. The van der Waals surface area contributed by atoms with E-state index in [4.69, 9.17) is 0 Å². The molecule has 1 aliphatic rings. The molecule has 19 heavy (non-hydrogen) atoms. The van der Waals surface area contributed by atoms with Gasteiger partial charge in [0.15, 0.2) is 0 Å². The molecule has 0 saturated heterocycles. The topological polar surface area (TPSA) is 21.1 Å². The first-order valence-electron chi connectivity index (χ1n) is 6.18. The fourth-order valence-corrected chi connectivity index (χ4v) is 4.24. The Labute approximate surface area is 171 Å². The van der Waals surface area contributed by atoms with Gasteiger partial charge in [-0.05, 0) is 33.4 Å². The number of fused-ring (bicyclic) bond motifs is 1. The van der Waals surface area contributed by atoms with Crippen LogP contribution in [0.1, 0.15) is 44.9 Å². The number of imidazole rings is 1. The summed E-state index contributed by atoms with van der Waals surface area (Å²) in [7, 11) is 1.95. The third-order valence-corrected chi connectivity index (χ3v) is 5.30. The van der Waals surface area contributed by atoms with Gasteiger partial charge in [0.2, 0.25) is 0 Å². The van der Waals surface area contributed by atoms with Gasteiger partial charge in [-0.1, -0.05) is 28.3 Å². The number of aryl methyl sites for hydroxylation is 1. The maximum Gasteiger partial charge on any atom is 1.00 e. The Morgan fingerprint density at radius 1 is 1.47 bits per heavy atom. The van der Waals surface area contributed by atoms with Crippen molar-refractivity contribution in [1.82, 2.24) is 14.5 Å². The fraction of sp³-hybridized carbons (Fsp3) is 0.692. The zero-order valence-electron chi connectivity index (χ0n) is 12.8. The van der Waals surface area contributed by atoms with Crippen molar-refractivity contribution < 1.29 is 55.8 Å². The van der Waals surface area contributed by atoms with E-state index in [2.05, 4.69) is 34.5 Å². The van der Waals surface area contributed by atoms with Crippen LogP contribution in [0.3, 0.4) is 0 Å². The van der Waals surface area contributed by atoms with Gasteiger partial charge >= 0.3 is 51.4 Å². The van der Waals surface area contributed by atoms with Crippen LogP contribution in [0.4, 0.5) is 4.39 Å². The minimum atomic E-state index is -1.51. The molecule has 0 aromatic carbocycles. The Kier molecular flexibility index (Phi) is 6.02. The van der Waals surface area contributed by atoms with Crippen molar-refractivity contribution in [2.75, 3.05) is 0 Å². The van der Waals surface area contributed by atoms with Gasteiger partial charge in [0.25, 0.3) is 0 Å². The van der Waals surface area contributed by atoms with Crippen LogP contribution in [0, 0.1) is 12.8 Å². The van der Waals surface area contributed by atoms with Crippen LogP contribution in [-0.2, 0) is 12.8 Å².